The van der Waals surface area contributed by atoms with Gasteiger partial charge < -0.3 is 13.7 Å². The molecule has 0 spiro atoms. The van der Waals surface area contributed by atoms with Gasteiger partial charge in [0, 0.05) is 10.0 Å². The SMILES string of the molecule is O=C1c2oc3ccc(Br)cc3c(=O)c2[C@H](c2ccccc2F)N1Cc1ccco1. The third-order valence-corrected chi connectivity index (χ3v) is 5.53. The van der Waals surface area contributed by atoms with Gasteiger partial charge in [0.25, 0.3) is 5.91 Å². The highest BCUT2D eigenvalue weighted by Gasteiger charge is 2.44. The van der Waals surface area contributed by atoms with E-state index in [2.05, 4.69) is 15.9 Å². The summed E-state index contributed by atoms with van der Waals surface area (Å²) in [6, 6.07) is 13.6. The number of halogens is 2. The molecular formula is C22H13BrFNO4. The molecule has 0 saturated carbocycles. The number of carbonyl (C=O) groups excluding carboxylic acids is 1. The summed E-state index contributed by atoms with van der Waals surface area (Å²) in [5.41, 5.74) is 0.314. The lowest BCUT2D eigenvalue weighted by molar-refractivity contribution is 0.0699. The Morgan fingerprint density at radius 3 is 2.66 bits per heavy atom. The van der Waals surface area contributed by atoms with Gasteiger partial charge in [0.2, 0.25) is 5.76 Å². The average molecular weight is 454 g/mol. The van der Waals surface area contributed by atoms with Gasteiger partial charge in [-0.1, -0.05) is 34.1 Å². The van der Waals surface area contributed by atoms with Crippen LogP contribution in [0.25, 0.3) is 11.0 Å². The minimum Gasteiger partial charge on any atom is -0.467 e. The zero-order chi connectivity index (χ0) is 20.1. The third kappa shape index (κ3) is 2.81. The third-order valence-electron chi connectivity index (χ3n) is 5.03. The summed E-state index contributed by atoms with van der Waals surface area (Å²) in [4.78, 5) is 28.0. The van der Waals surface area contributed by atoms with Gasteiger partial charge in [-0.3, -0.25) is 9.59 Å². The molecule has 0 aliphatic carbocycles. The van der Waals surface area contributed by atoms with Crippen molar-refractivity contribution >= 4 is 32.8 Å². The molecule has 5 nitrogen and oxygen atoms in total. The molecule has 7 heteroatoms. The minimum atomic E-state index is -0.913. The molecule has 5 rings (SSSR count). The van der Waals surface area contributed by atoms with E-state index in [0.717, 1.165) is 0 Å². The van der Waals surface area contributed by atoms with Crippen molar-refractivity contribution in [3.63, 3.8) is 0 Å². The molecule has 1 aliphatic rings. The first-order valence-corrected chi connectivity index (χ1v) is 9.68. The van der Waals surface area contributed by atoms with Gasteiger partial charge in [0.1, 0.15) is 17.2 Å². The van der Waals surface area contributed by atoms with Crippen molar-refractivity contribution in [3.8, 4) is 0 Å². The predicted molar refractivity (Wildman–Crippen MR) is 107 cm³/mol. The summed E-state index contributed by atoms with van der Waals surface area (Å²) < 4.78 is 26.6. The Hall–Kier alpha value is -3.19. The van der Waals surface area contributed by atoms with Gasteiger partial charge in [-0.15, -0.1) is 0 Å². The molecule has 1 amide bonds. The highest BCUT2D eigenvalue weighted by atomic mass is 79.9. The Balaban J connectivity index is 1.78. The van der Waals surface area contributed by atoms with Crippen LogP contribution >= 0.6 is 15.9 Å². The number of carbonyl (C=O) groups is 1. The Morgan fingerprint density at radius 1 is 1.07 bits per heavy atom. The number of nitrogens with zero attached hydrogens (tertiary/aromatic N) is 1. The topological polar surface area (TPSA) is 63.7 Å². The van der Waals surface area contributed by atoms with Crippen LogP contribution in [0.2, 0.25) is 0 Å². The fourth-order valence-electron chi connectivity index (χ4n) is 3.75. The fraction of sp³-hybridized carbons (Fsp3) is 0.0909. The molecule has 0 N–H and O–H groups in total. The van der Waals surface area contributed by atoms with E-state index in [1.165, 1.54) is 17.2 Å². The molecule has 1 atom stereocenters. The van der Waals surface area contributed by atoms with Crippen LogP contribution < -0.4 is 5.43 Å². The fourth-order valence-corrected chi connectivity index (χ4v) is 4.11. The van der Waals surface area contributed by atoms with Crippen LogP contribution in [0.15, 0.2) is 79.0 Å². The average Bonchev–Trinajstić information content (AvgIpc) is 3.31. The summed E-state index contributed by atoms with van der Waals surface area (Å²) in [5, 5.41) is 0.326. The number of hydrogen-bond acceptors (Lipinski definition) is 4. The minimum absolute atomic E-state index is 0.0652. The molecule has 144 valence electrons. The second-order valence-corrected chi connectivity index (χ2v) is 7.67. The number of amides is 1. The molecule has 0 bridgehead atoms. The van der Waals surface area contributed by atoms with Gasteiger partial charge in [-0.05, 0) is 36.4 Å². The molecule has 2 aromatic carbocycles. The van der Waals surface area contributed by atoms with Crippen LogP contribution in [0.1, 0.15) is 33.5 Å². The molecule has 3 heterocycles. The van der Waals surface area contributed by atoms with Crippen LogP contribution in [0.4, 0.5) is 4.39 Å². The first-order chi connectivity index (χ1) is 14.0. The first-order valence-electron chi connectivity index (χ1n) is 8.88. The lowest BCUT2D eigenvalue weighted by atomic mass is 9.98. The lowest BCUT2D eigenvalue weighted by Gasteiger charge is -2.24. The van der Waals surface area contributed by atoms with Crippen molar-refractivity contribution in [2.75, 3.05) is 0 Å². The van der Waals surface area contributed by atoms with Gasteiger partial charge in [-0.2, -0.15) is 0 Å². The number of fused-ring (bicyclic) bond motifs is 2. The van der Waals surface area contributed by atoms with Crippen molar-refractivity contribution < 1.29 is 18.0 Å². The maximum absolute atomic E-state index is 14.7. The number of benzene rings is 2. The van der Waals surface area contributed by atoms with Gasteiger partial charge >= 0.3 is 0 Å². The molecule has 0 fully saturated rings. The summed E-state index contributed by atoms with van der Waals surface area (Å²) in [7, 11) is 0. The van der Waals surface area contributed by atoms with Crippen molar-refractivity contribution in [3.05, 3.63) is 104 Å². The van der Waals surface area contributed by atoms with Crippen LogP contribution in [0.3, 0.4) is 0 Å². The van der Waals surface area contributed by atoms with Crippen LogP contribution in [-0.4, -0.2) is 10.8 Å². The monoisotopic (exact) mass is 453 g/mol. The summed E-state index contributed by atoms with van der Waals surface area (Å²) in [6.45, 7) is 0.0779. The number of rotatable bonds is 3. The van der Waals surface area contributed by atoms with Crippen molar-refractivity contribution in [1.29, 1.82) is 0 Å². The second-order valence-electron chi connectivity index (χ2n) is 6.75. The van der Waals surface area contributed by atoms with E-state index in [0.29, 0.717) is 21.2 Å². The number of furan rings is 1. The summed E-state index contributed by atoms with van der Waals surface area (Å²) >= 11 is 3.35. The van der Waals surface area contributed by atoms with Crippen molar-refractivity contribution in [2.45, 2.75) is 12.6 Å². The molecule has 4 aromatic rings. The quantitative estimate of drug-likeness (QED) is 0.436. The largest absolute Gasteiger partial charge is 0.467 e. The highest BCUT2D eigenvalue weighted by Crippen LogP contribution is 2.40. The lowest BCUT2D eigenvalue weighted by Crippen LogP contribution is -2.29. The molecule has 29 heavy (non-hydrogen) atoms. The normalized spacial score (nSPS) is 15.9. The molecule has 1 aliphatic heterocycles. The smallest absolute Gasteiger partial charge is 0.291 e. The second kappa shape index (κ2) is 6.70. The Labute approximate surface area is 172 Å². The molecule has 0 unspecified atom stereocenters. The van der Waals surface area contributed by atoms with Crippen molar-refractivity contribution in [1.82, 2.24) is 4.90 Å². The van der Waals surface area contributed by atoms with Crippen molar-refractivity contribution in [2.24, 2.45) is 0 Å². The van der Waals surface area contributed by atoms with E-state index in [9.17, 15) is 14.0 Å². The first kappa shape index (κ1) is 17.9. The van der Waals surface area contributed by atoms with Gasteiger partial charge in [0.05, 0.1) is 29.8 Å². The predicted octanol–water partition coefficient (Wildman–Crippen LogP) is 5.03. The zero-order valence-corrected chi connectivity index (χ0v) is 16.5. The Morgan fingerprint density at radius 2 is 1.90 bits per heavy atom. The van der Waals surface area contributed by atoms with E-state index in [1.54, 1.807) is 48.5 Å². The Bertz CT molecular complexity index is 1310. The van der Waals surface area contributed by atoms with Gasteiger partial charge in [0.15, 0.2) is 5.43 Å². The van der Waals surface area contributed by atoms with E-state index in [1.807, 2.05) is 0 Å². The summed E-state index contributed by atoms with van der Waals surface area (Å²) in [6.07, 6.45) is 1.50. The van der Waals surface area contributed by atoms with Crippen LogP contribution in [0.5, 0.6) is 0 Å². The maximum Gasteiger partial charge on any atom is 0.291 e. The van der Waals surface area contributed by atoms with Crippen LogP contribution in [0, 0.1) is 5.82 Å². The van der Waals surface area contributed by atoms with E-state index < -0.39 is 17.8 Å². The summed E-state index contributed by atoms with van der Waals surface area (Å²) in [5.74, 6) is -0.528. The molecular weight excluding hydrogens is 441 g/mol. The van der Waals surface area contributed by atoms with E-state index >= 15 is 0 Å². The Kier molecular flexibility index (Phi) is 4.13. The van der Waals surface area contributed by atoms with Gasteiger partial charge in [-0.25, -0.2) is 4.39 Å². The van der Waals surface area contributed by atoms with E-state index in [4.69, 9.17) is 8.83 Å². The van der Waals surface area contributed by atoms with E-state index in [-0.39, 0.29) is 28.9 Å². The zero-order valence-electron chi connectivity index (χ0n) is 14.9. The maximum atomic E-state index is 14.7. The molecule has 0 radical (unpaired) electrons. The molecule has 0 saturated heterocycles. The highest BCUT2D eigenvalue weighted by molar-refractivity contribution is 9.10. The standard InChI is InChI=1S/C22H13BrFNO4/c23-12-7-8-17-15(10-12)20(26)18-19(14-5-1-2-6-16(14)24)25(22(27)21(18)29-17)11-13-4-3-9-28-13/h1-10,19H,11H2/t19-/m0/s1. The molecule has 2 aromatic heterocycles. The van der Waals surface area contributed by atoms with Crippen LogP contribution in [-0.2, 0) is 6.54 Å². The number of hydrogen-bond donors (Lipinski definition) is 0.